The molecule has 0 saturated carbocycles. The van der Waals surface area contributed by atoms with Gasteiger partial charge < -0.3 is 14.9 Å². The summed E-state index contributed by atoms with van der Waals surface area (Å²) in [6.07, 6.45) is 2.04. The minimum absolute atomic E-state index is 0.0676. The molecule has 0 unspecified atom stereocenters. The highest BCUT2D eigenvalue weighted by atomic mass is 16.5. The van der Waals surface area contributed by atoms with Crippen molar-refractivity contribution in [3.8, 4) is 11.5 Å². The molecule has 3 rings (SSSR count). The Morgan fingerprint density at radius 1 is 1.42 bits per heavy atom. The molecule has 2 atom stereocenters. The van der Waals surface area contributed by atoms with Crippen LogP contribution in [-0.4, -0.2) is 32.9 Å². The van der Waals surface area contributed by atoms with Crippen LogP contribution in [0.2, 0.25) is 0 Å². The number of pyridine rings is 1. The predicted octanol–water partition coefficient (Wildman–Crippen LogP) is 1.14. The third kappa shape index (κ3) is 2.36. The molecule has 2 aromatic rings. The van der Waals surface area contributed by atoms with Gasteiger partial charge in [0, 0.05) is 12.7 Å². The third-order valence-electron chi connectivity index (χ3n) is 3.27. The van der Waals surface area contributed by atoms with E-state index in [1.165, 1.54) is 0 Å². The van der Waals surface area contributed by atoms with Gasteiger partial charge >= 0.3 is 0 Å². The van der Waals surface area contributed by atoms with Crippen LogP contribution in [0.4, 0.5) is 0 Å². The molecule has 100 valence electrons. The molecule has 19 heavy (non-hydrogen) atoms. The van der Waals surface area contributed by atoms with E-state index < -0.39 is 0 Å². The monoisotopic (exact) mass is 260 g/mol. The van der Waals surface area contributed by atoms with Crippen LogP contribution < -0.4 is 5.32 Å². The van der Waals surface area contributed by atoms with Crippen molar-refractivity contribution in [1.29, 1.82) is 0 Å². The van der Waals surface area contributed by atoms with Gasteiger partial charge in [0.25, 0.3) is 0 Å². The molecular formula is C13H16N4O2. The molecule has 6 nitrogen and oxygen atoms in total. The summed E-state index contributed by atoms with van der Waals surface area (Å²) in [7, 11) is 0. The van der Waals surface area contributed by atoms with Crippen LogP contribution in [0.5, 0.6) is 0 Å². The van der Waals surface area contributed by atoms with E-state index in [-0.39, 0.29) is 12.1 Å². The smallest absolute Gasteiger partial charge is 0.244 e. The lowest BCUT2D eigenvalue weighted by molar-refractivity contribution is 0.191. The lowest BCUT2D eigenvalue weighted by Gasteiger charge is -2.02. The predicted molar refractivity (Wildman–Crippen MR) is 68.4 cm³/mol. The Morgan fingerprint density at radius 3 is 2.95 bits per heavy atom. The molecule has 2 N–H and O–H groups in total. The number of nitrogens with zero attached hydrogens (tertiary/aromatic N) is 3. The SMILES string of the molecule is Cc1cnc(-c2noc([C@H]3C[C@@H](O)CN3)n2)c(C)c1. The summed E-state index contributed by atoms with van der Waals surface area (Å²) in [6, 6.07) is 1.97. The molecule has 0 spiro atoms. The molecule has 0 bridgehead atoms. The zero-order chi connectivity index (χ0) is 13.4. The van der Waals surface area contributed by atoms with Gasteiger partial charge in [-0.25, -0.2) is 0 Å². The Labute approximate surface area is 110 Å². The normalized spacial score (nSPS) is 22.9. The van der Waals surface area contributed by atoms with Gasteiger partial charge in [0.15, 0.2) is 0 Å². The van der Waals surface area contributed by atoms with Crippen molar-refractivity contribution < 1.29 is 9.63 Å². The van der Waals surface area contributed by atoms with Crippen LogP contribution >= 0.6 is 0 Å². The van der Waals surface area contributed by atoms with Crippen LogP contribution in [-0.2, 0) is 0 Å². The van der Waals surface area contributed by atoms with Crippen molar-refractivity contribution in [3.05, 3.63) is 29.3 Å². The maximum absolute atomic E-state index is 9.49. The Bertz CT molecular complexity index is 596. The van der Waals surface area contributed by atoms with Crippen LogP contribution in [0.1, 0.15) is 29.5 Å². The van der Waals surface area contributed by atoms with E-state index in [2.05, 4.69) is 20.4 Å². The van der Waals surface area contributed by atoms with Gasteiger partial charge in [0.05, 0.1) is 12.1 Å². The topological polar surface area (TPSA) is 84.1 Å². The van der Waals surface area contributed by atoms with E-state index in [4.69, 9.17) is 4.52 Å². The van der Waals surface area contributed by atoms with E-state index in [0.29, 0.717) is 24.7 Å². The van der Waals surface area contributed by atoms with Gasteiger partial charge in [0.1, 0.15) is 5.69 Å². The summed E-state index contributed by atoms with van der Waals surface area (Å²) < 4.78 is 5.26. The van der Waals surface area contributed by atoms with Crippen LogP contribution in [0.25, 0.3) is 11.5 Å². The second-order valence-corrected chi connectivity index (χ2v) is 4.98. The summed E-state index contributed by atoms with van der Waals surface area (Å²) in [5.74, 6) is 1.00. The summed E-state index contributed by atoms with van der Waals surface area (Å²) in [5.41, 5.74) is 2.86. The van der Waals surface area contributed by atoms with Crippen LogP contribution in [0.15, 0.2) is 16.8 Å². The van der Waals surface area contributed by atoms with Crippen molar-refractivity contribution in [2.45, 2.75) is 32.4 Å². The number of nitrogens with one attached hydrogen (secondary N) is 1. The summed E-state index contributed by atoms with van der Waals surface area (Å²) >= 11 is 0. The van der Waals surface area contributed by atoms with E-state index in [0.717, 1.165) is 16.8 Å². The third-order valence-corrected chi connectivity index (χ3v) is 3.27. The maximum atomic E-state index is 9.49. The summed E-state index contributed by atoms with van der Waals surface area (Å²) in [5, 5.41) is 16.6. The number of aromatic nitrogens is 3. The molecule has 6 heteroatoms. The molecule has 0 amide bonds. The average Bonchev–Trinajstić information content (AvgIpc) is 2.97. The number of β-amino-alcohol motifs (C(OH)–C–C–N with tert-alkyl or cyclic N) is 1. The Hall–Kier alpha value is -1.79. The lowest BCUT2D eigenvalue weighted by atomic mass is 10.1. The lowest BCUT2D eigenvalue weighted by Crippen LogP contribution is -2.15. The first-order valence-electron chi connectivity index (χ1n) is 6.32. The van der Waals surface area contributed by atoms with Gasteiger partial charge in [-0.3, -0.25) is 4.98 Å². The number of hydrogen-bond acceptors (Lipinski definition) is 6. The minimum atomic E-state index is -0.348. The Morgan fingerprint density at radius 2 is 2.26 bits per heavy atom. The second-order valence-electron chi connectivity index (χ2n) is 4.98. The highest BCUT2D eigenvalue weighted by Crippen LogP contribution is 2.25. The molecule has 2 aromatic heterocycles. The first-order valence-corrected chi connectivity index (χ1v) is 6.32. The standard InChI is InChI=1S/C13H16N4O2/c1-7-3-8(2)11(15-5-7)12-16-13(19-17-12)10-4-9(18)6-14-10/h3,5,9-10,14,18H,4,6H2,1-2H3/t9-,10-/m1/s1. The molecule has 3 heterocycles. The zero-order valence-corrected chi connectivity index (χ0v) is 10.9. The van der Waals surface area contributed by atoms with Crippen molar-refractivity contribution in [2.75, 3.05) is 6.54 Å². The van der Waals surface area contributed by atoms with Gasteiger partial charge in [0.2, 0.25) is 11.7 Å². The van der Waals surface area contributed by atoms with Crippen molar-refractivity contribution in [2.24, 2.45) is 0 Å². The molecule has 0 aromatic carbocycles. The molecule has 1 fully saturated rings. The van der Waals surface area contributed by atoms with E-state index in [1.807, 2.05) is 19.9 Å². The summed E-state index contributed by atoms with van der Waals surface area (Å²) in [4.78, 5) is 8.72. The van der Waals surface area contributed by atoms with Crippen molar-refractivity contribution in [3.63, 3.8) is 0 Å². The van der Waals surface area contributed by atoms with E-state index in [9.17, 15) is 5.11 Å². The summed E-state index contributed by atoms with van der Waals surface area (Å²) in [6.45, 7) is 4.53. The number of aliphatic hydroxyl groups excluding tert-OH is 1. The Kier molecular flexibility index (Phi) is 3.04. The van der Waals surface area contributed by atoms with Crippen molar-refractivity contribution >= 4 is 0 Å². The number of aliphatic hydroxyl groups is 1. The van der Waals surface area contributed by atoms with Crippen LogP contribution in [0, 0.1) is 13.8 Å². The average molecular weight is 260 g/mol. The maximum Gasteiger partial charge on any atom is 0.244 e. The first kappa shape index (κ1) is 12.3. The number of rotatable bonds is 2. The zero-order valence-electron chi connectivity index (χ0n) is 10.9. The highest BCUT2D eigenvalue weighted by molar-refractivity contribution is 5.54. The second kappa shape index (κ2) is 4.71. The molecule has 1 saturated heterocycles. The van der Waals surface area contributed by atoms with E-state index in [1.54, 1.807) is 6.20 Å². The largest absolute Gasteiger partial charge is 0.392 e. The molecule has 0 radical (unpaired) electrons. The minimum Gasteiger partial charge on any atom is -0.392 e. The van der Waals surface area contributed by atoms with E-state index >= 15 is 0 Å². The van der Waals surface area contributed by atoms with Gasteiger partial charge in [-0.1, -0.05) is 11.2 Å². The number of hydrogen-bond donors (Lipinski definition) is 2. The first-order chi connectivity index (χ1) is 9.13. The fourth-order valence-electron chi connectivity index (χ4n) is 2.33. The highest BCUT2D eigenvalue weighted by Gasteiger charge is 2.28. The molecular weight excluding hydrogens is 244 g/mol. The molecule has 0 aliphatic carbocycles. The fourth-order valence-corrected chi connectivity index (χ4v) is 2.33. The van der Waals surface area contributed by atoms with Gasteiger partial charge in [-0.05, 0) is 31.4 Å². The molecule has 1 aliphatic heterocycles. The van der Waals surface area contributed by atoms with Gasteiger partial charge in [-0.2, -0.15) is 4.98 Å². The fraction of sp³-hybridized carbons (Fsp3) is 0.462. The van der Waals surface area contributed by atoms with Crippen LogP contribution in [0.3, 0.4) is 0 Å². The Balaban J connectivity index is 1.88. The van der Waals surface area contributed by atoms with Crippen molar-refractivity contribution in [1.82, 2.24) is 20.4 Å². The molecule has 1 aliphatic rings. The quantitative estimate of drug-likeness (QED) is 0.842. The van der Waals surface area contributed by atoms with Gasteiger partial charge in [-0.15, -0.1) is 0 Å². The number of aryl methyl sites for hydroxylation is 2.